The van der Waals surface area contributed by atoms with Crippen LogP contribution < -0.4 is 0 Å². The van der Waals surface area contributed by atoms with Gasteiger partial charge < -0.3 is 14.4 Å². The number of aliphatic hydroxyl groups excluding tert-OH is 1. The highest BCUT2D eigenvalue weighted by atomic mass is 16.4. The average Bonchev–Trinajstić information content (AvgIpc) is 2.72. The third-order valence-electron chi connectivity index (χ3n) is 2.57. The van der Waals surface area contributed by atoms with Crippen LogP contribution in [0, 0.1) is 0 Å². The molecule has 0 aromatic carbocycles. The molecule has 0 radical (unpaired) electrons. The Morgan fingerprint density at radius 2 is 2.06 bits per heavy atom. The fraction of sp³-hybridized carbons (Fsp3) is 0.615. The third kappa shape index (κ3) is 3.60. The largest absolute Gasteiger partial charge is 0.456 e. The Hall–Kier alpha value is -1.29. The Balaban J connectivity index is 2.83. The highest BCUT2D eigenvalue weighted by Gasteiger charge is 2.22. The number of amides is 1. The molecule has 1 amide bonds. The van der Waals surface area contributed by atoms with Crippen molar-refractivity contribution in [3.8, 4) is 0 Å². The van der Waals surface area contributed by atoms with Gasteiger partial charge in [0.15, 0.2) is 5.76 Å². The summed E-state index contributed by atoms with van der Waals surface area (Å²) in [5, 5.41) is 9.39. The zero-order valence-electron chi connectivity index (χ0n) is 10.9. The molecule has 0 fully saturated rings. The van der Waals surface area contributed by atoms with Crippen molar-refractivity contribution in [2.24, 2.45) is 0 Å². The molecular formula is C13H21NO3. The molecule has 17 heavy (non-hydrogen) atoms. The van der Waals surface area contributed by atoms with E-state index in [0.29, 0.717) is 12.3 Å². The van der Waals surface area contributed by atoms with Gasteiger partial charge in [-0.2, -0.15) is 0 Å². The normalized spacial score (nSPS) is 12.8. The number of nitrogens with zero attached hydrogens (tertiary/aromatic N) is 1. The van der Waals surface area contributed by atoms with Gasteiger partial charge in [-0.15, -0.1) is 0 Å². The van der Waals surface area contributed by atoms with Crippen LogP contribution >= 0.6 is 0 Å². The van der Waals surface area contributed by atoms with E-state index in [-0.39, 0.29) is 11.9 Å². The summed E-state index contributed by atoms with van der Waals surface area (Å²) in [6, 6.07) is 3.54. The molecule has 0 bridgehead atoms. The summed E-state index contributed by atoms with van der Waals surface area (Å²) in [7, 11) is 0. The number of hydrogen-bond donors (Lipinski definition) is 1. The van der Waals surface area contributed by atoms with Gasteiger partial charge in [0.1, 0.15) is 5.76 Å². The first-order valence-corrected chi connectivity index (χ1v) is 6.03. The van der Waals surface area contributed by atoms with Gasteiger partial charge in [-0.05, 0) is 32.9 Å². The lowest BCUT2D eigenvalue weighted by atomic mass is 10.2. The second kappa shape index (κ2) is 5.87. The van der Waals surface area contributed by atoms with E-state index in [1.807, 2.05) is 26.8 Å². The molecule has 4 nitrogen and oxygen atoms in total. The molecule has 1 rings (SSSR count). The molecule has 4 heteroatoms. The molecule has 0 spiro atoms. The van der Waals surface area contributed by atoms with Gasteiger partial charge in [0.2, 0.25) is 0 Å². The van der Waals surface area contributed by atoms with Crippen LogP contribution in [0.4, 0.5) is 0 Å². The molecule has 0 aliphatic rings. The molecule has 0 saturated heterocycles. The topological polar surface area (TPSA) is 53.7 Å². The number of carbonyl (C=O) groups is 1. The maximum Gasteiger partial charge on any atom is 0.289 e. The molecule has 1 atom stereocenters. The van der Waals surface area contributed by atoms with Crippen LogP contribution in [-0.2, 0) is 6.42 Å². The second-order valence-corrected chi connectivity index (χ2v) is 4.52. The van der Waals surface area contributed by atoms with E-state index in [4.69, 9.17) is 4.42 Å². The molecular weight excluding hydrogens is 218 g/mol. The highest BCUT2D eigenvalue weighted by Crippen LogP contribution is 2.13. The van der Waals surface area contributed by atoms with Crippen LogP contribution in [0.25, 0.3) is 0 Å². The zero-order chi connectivity index (χ0) is 13.0. The summed E-state index contributed by atoms with van der Waals surface area (Å²) >= 11 is 0. The van der Waals surface area contributed by atoms with Gasteiger partial charge in [0.05, 0.1) is 6.10 Å². The molecule has 0 aliphatic heterocycles. The number of rotatable bonds is 5. The van der Waals surface area contributed by atoms with Crippen LogP contribution in [0.15, 0.2) is 16.5 Å². The monoisotopic (exact) mass is 239 g/mol. The number of furan rings is 1. The minimum atomic E-state index is -0.540. The van der Waals surface area contributed by atoms with Gasteiger partial charge in [-0.1, -0.05) is 6.92 Å². The van der Waals surface area contributed by atoms with E-state index < -0.39 is 6.10 Å². The molecule has 0 saturated carbocycles. The minimum absolute atomic E-state index is 0.0345. The number of hydrogen-bond acceptors (Lipinski definition) is 3. The maximum absolute atomic E-state index is 12.2. The van der Waals surface area contributed by atoms with Crippen molar-refractivity contribution in [1.82, 2.24) is 4.90 Å². The Bertz CT molecular complexity index is 368. The molecule has 0 aliphatic carbocycles. The number of carbonyl (C=O) groups excluding carboxylic acids is 1. The van der Waals surface area contributed by atoms with Crippen molar-refractivity contribution in [2.45, 2.75) is 46.3 Å². The van der Waals surface area contributed by atoms with Gasteiger partial charge >= 0.3 is 0 Å². The predicted octanol–water partition coefficient (Wildman–Crippen LogP) is 2.07. The quantitative estimate of drug-likeness (QED) is 0.855. The Labute approximate surface area is 102 Å². The minimum Gasteiger partial charge on any atom is -0.456 e. The van der Waals surface area contributed by atoms with Crippen LogP contribution in [0.2, 0.25) is 0 Å². The van der Waals surface area contributed by atoms with Crippen molar-refractivity contribution in [2.75, 3.05) is 6.54 Å². The molecule has 1 aromatic rings. The average molecular weight is 239 g/mol. The lowest BCUT2D eigenvalue weighted by molar-refractivity contribution is 0.0547. The first-order chi connectivity index (χ1) is 7.95. The van der Waals surface area contributed by atoms with E-state index in [1.54, 1.807) is 17.9 Å². The fourth-order valence-corrected chi connectivity index (χ4v) is 1.64. The highest BCUT2D eigenvalue weighted by molar-refractivity contribution is 5.91. The molecule has 1 N–H and O–H groups in total. The molecule has 1 unspecified atom stereocenters. The van der Waals surface area contributed by atoms with Crippen molar-refractivity contribution in [3.05, 3.63) is 23.7 Å². The summed E-state index contributed by atoms with van der Waals surface area (Å²) in [4.78, 5) is 13.8. The van der Waals surface area contributed by atoms with Gasteiger partial charge in [-0.3, -0.25) is 4.79 Å². The molecule has 1 heterocycles. The Kier molecular flexibility index (Phi) is 4.75. The summed E-state index contributed by atoms with van der Waals surface area (Å²) in [6.07, 6.45) is 0.229. The van der Waals surface area contributed by atoms with E-state index in [1.165, 1.54) is 0 Å². The fourth-order valence-electron chi connectivity index (χ4n) is 1.64. The van der Waals surface area contributed by atoms with Crippen molar-refractivity contribution in [3.63, 3.8) is 0 Å². The van der Waals surface area contributed by atoms with Crippen molar-refractivity contribution in [1.29, 1.82) is 0 Å². The van der Waals surface area contributed by atoms with Gasteiger partial charge in [-0.25, -0.2) is 0 Å². The lowest BCUT2D eigenvalue weighted by Gasteiger charge is -2.27. The van der Waals surface area contributed by atoms with Crippen LogP contribution in [0.5, 0.6) is 0 Å². The van der Waals surface area contributed by atoms with Crippen LogP contribution in [0.1, 0.15) is 44.0 Å². The molecule has 96 valence electrons. The summed E-state index contributed by atoms with van der Waals surface area (Å²) < 4.78 is 5.43. The van der Waals surface area contributed by atoms with E-state index >= 15 is 0 Å². The lowest BCUT2D eigenvalue weighted by Crippen LogP contribution is -2.41. The van der Waals surface area contributed by atoms with E-state index in [2.05, 4.69) is 0 Å². The second-order valence-electron chi connectivity index (χ2n) is 4.52. The number of aliphatic hydroxyl groups is 1. The predicted molar refractivity (Wildman–Crippen MR) is 65.9 cm³/mol. The first-order valence-electron chi connectivity index (χ1n) is 6.03. The maximum atomic E-state index is 12.2. The van der Waals surface area contributed by atoms with E-state index in [0.717, 1.165) is 12.2 Å². The SMILES string of the molecule is CCc1ccc(C(=O)N(CC(C)O)C(C)C)o1. The summed E-state index contributed by atoms with van der Waals surface area (Å²) in [6.45, 7) is 7.80. The Morgan fingerprint density at radius 1 is 1.41 bits per heavy atom. The van der Waals surface area contributed by atoms with Crippen molar-refractivity contribution < 1.29 is 14.3 Å². The number of aryl methyl sites for hydroxylation is 1. The van der Waals surface area contributed by atoms with Crippen LogP contribution in [-0.4, -0.2) is 34.6 Å². The van der Waals surface area contributed by atoms with Crippen LogP contribution in [0.3, 0.4) is 0 Å². The first kappa shape index (κ1) is 13.8. The van der Waals surface area contributed by atoms with Gasteiger partial charge in [0, 0.05) is 19.0 Å². The molecule has 1 aromatic heterocycles. The smallest absolute Gasteiger partial charge is 0.289 e. The zero-order valence-corrected chi connectivity index (χ0v) is 10.9. The van der Waals surface area contributed by atoms with E-state index in [9.17, 15) is 9.90 Å². The Morgan fingerprint density at radius 3 is 2.47 bits per heavy atom. The standard InChI is InChI=1S/C13H21NO3/c1-5-11-6-7-12(17-11)13(16)14(9(2)3)8-10(4)15/h6-7,9-10,15H,5,8H2,1-4H3. The summed E-state index contributed by atoms with van der Waals surface area (Å²) in [5.41, 5.74) is 0. The van der Waals surface area contributed by atoms with Crippen molar-refractivity contribution >= 4 is 5.91 Å². The van der Waals surface area contributed by atoms with Gasteiger partial charge in [0.25, 0.3) is 5.91 Å². The summed E-state index contributed by atoms with van der Waals surface area (Å²) in [5.74, 6) is 0.978. The third-order valence-corrected chi connectivity index (χ3v) is 2.57.